The summed E-state index contributed by atoms with van der Waals surface area (Å²) in [7, 11) is -3.41. The lowest BCUT2D eigenvalue weighted by Gasteiger charge is -2.08. The molecular weight excluding hydrogens is 354 g/mol. The second kappa shape index (κ2) is 7.17. The number of benzene rings is 2. The van der Waals surface area contributed by atoms with E-state index in [0.29, 0.717) is 11.1 Å². The van der Waals surface area contributed by atoms with E-state index in [0.717, 1.165) is 10.0 Å². The molecule has 2 aromatic carbocycles. The molecular formula is C15H16BrNO3S. The van der Waals surface area contributed by atoms with Crippen LogP contribution >= 0.6 is 15.9 Å². The zero-order valence-corrected chi connectivity index (χ0v) is 13.7. The van der Waals surface area contributed by atoms with E-state index in [2.05, 4.69) is 20.7 Å². The molecule has 0 spiro atoms. The largest absolute Gasteiger partial charge is 0.392 e. The average molecular weight is 370 g/mol. The van der Waals surface area contributed by atoms with E-state index in [1.54, 1.807) is 24.3 Å². The van der Waals surface area contributed by atoms with Gasteiger partial charge in [0.15, 0.2) is 0 Å². The van der Waals surface area contributed by atoms with Crippen molar-refractivity contribution in [1.82, 2.24) is 4.72 Å². The first-order chi connectivity index (χ1) is 9.98. The molecule has 112 valence electrons. The Balaban J connectivity index is 1.99. The first kappa shape index (κ1) is 16.2. The maximum Gasteiger partial charge on any atom is 0.216 e. The van der Waals surface area contributed by atoms with Gasteiger partial charge in [-0.2, -0.15) is 0 Å². The standard InChI is InChI=1S/C15H16BrNO3S/c16-15-6-4-12(5-7-15)9-17-21(19,20)11-14-3-1-2-13(8-14)10-18/h1-8,17-18H,9-11H2. The van der Waals surface area contributed by atoms with Gasteiger partial charge in [0, 0.05) is 11.0 Å². The lowest BCUT2D eigenvalue weighted by Crippen LogP contribution is -2.24. The van der Waals surface area contributed by atoms with Gasteiger partial charge < -0.3 is 5.11 Å². The van der Waals surface area contributed by atoms with Crippen LogP contribution in [-0.4, -0.2) is 13.5 Å². The number of aliphatic hydroxyl groups excluding tert-OH is 1. The van der Waals surface area contributed by atoms with E-state index in [9.17, 15) is 8.42 Å². The molecule has 0 heterocycles. The second-order valence-corrected chi connectivity index (χ2v) is 7.41. The summed E-state index contributed by atoms with van der Waals surface area (Å²) in [6, 6.07) is 14.4. The predicted octanol–water partition coefficient (Wildman–Crippen LogP) is 2.56. The molecule has 0 saturated carbocycles. The minimum absolute atomic E-state index is 0.0970. The molecule has 2 N–H and O–H groups in total. The molecule has 0 aliphatic heterocycles. The fourth-order valence-corrected chi connectivity index (χ4v) is 3.26. The highest BCUT2D eigenvalue weighted by molar-refractivity contribution is 9.10. The van der Waals surface area contributed by atoms with Gasteiger partial charge in [-0.25, -0.2) is 13.1 Å². The highest BCUT2D eigenvalue weighted by Gasteiger charge is 2.11. The van der Waals surface area contributed by atoms with Crippen molar-refractivity contribution in [3.05, 3.63) is 69.7 Å². The van der Waals surface area contributed by atoms with E-state index in [1.807, 2.05) is 24.3 Å². The van der Waals surface area contributed by atoms with Crippen molar-refractivity contribution in [2.75, 3.05) is 0 Å². The highest BCUT2D eigenvalue weighted by atomic mass is 79.9. The van der Waals surface area contributed by atoms with Gasteiger partial charge in [0.05, 0.1) is 12.4 Å². The quantitative estimate of drug-likeness (QED) is 0.822. The Morgan fingerprint density at radius 1 is 1.00 bits per heavy atom. The fraction of sp³-hybridized carbons (Fsp3) is 0.200. The van der Waals surface area contributed by atoms with Gasteiger partial charge in [-0.05, 0) is 28.8 Å². The molecule has 0 radical (unpaired) electrons. The molecule has 0 aliphatic carbocycles. The van der Waals surface area contributed by atoms with Gasteiger partial charge in [-0.3, -0.25) is 0 Å². The lowest BCUT2D eigenvalue weighted by molar-refractivity contribution is 0.282. The van der Waals surface area contributed by atoms with Crippen LogP contribution in [0.3, 0.4) is 0 Å². The molecule has 0 aromatic heterocycles. The third-order valence-electron chi connectivity index (χ3n) is 2.94. The number of aliphatic hydroxyl groups is 1. The highest BCUT2D eigenvalue weighted by Crippen LogP contribution is 2.12. The third-order valence-corrected chi connectivity index (χ3v) is 4.77. The van der Waals surface area contributed by atoms with Gasteiger partial charge in [-0.1, -0.05) is 52.3 Å². The van der Waals surface area contributed by atoms with E-state index >= 15 is 0 Å². The number of halogens is 1. The Morgan fingerprint density at radius 3 is 2.33 bits per heavy atom. The van der Waals surface area contributed by atoms with Crippen LogP contribution in [0.25, 0.3) is 0 Å². The zero-order valence-electron chi connectivity index (χ0n) is 11.3. The molecule has 4 nitrogen and oxygen atoms in total. The number of hydrogen-bond donors (Lipinski definition) is 2. The van der Waals surface area contributed by atoms with Crippen molar-refractivity contribution < 1.29 is 13.5 Å². The van der Waals surface area contributed by atoms with E-state index in [-0.39, 0.29) is 18.9 Å². The van der Waals surface area contributed by atoms with E-state index in [1.165, 1.54) is 0 Å². The Labute approximate surface area is 133 Å². The Kier molecular flexibility index (Phi) is 5.52. The monoisotopic (exact) mass is 369 g/mol. The van der Waals surface area contributed by atoms with Gasteiger partial charge in [0.25, 0.3) is 0 Å². The molecule has 0 amide bonds. The maximum atomic E-state index is 12.1. The summed E-state index contributed by atoms with van der Waals surface area (Å²) in [5, 5.41) is 9.07. The minimum Gasteiger partial charge on any atom is -0.392 e. The molecule has 21 heavy (non-hydrogen) atoms. The van der Waals surface area contributed by atoms with Gasteiger partial charge in [0.1, 0.15) is 0 Å². The fourth-order valence-electron chi connectivity index (χ4n) is 1.88. The Morgan fingerprint density at radius 2 is 1.67 bits per heavy atom. The van der Waals surface area contributed by atoms with Crippen LogP contribution in [0.1, 0.15) is 16.7 Å². The van der Waals surface area contributed by atoms with Gasteiger partial charge in [0.2, 0.25) is 10.0 Å². The van der Waals surface area contributed by atoms with E-state index < -0.39 is 10.0 Å². The summed E-state index contributed by atoms with van der Waals surface area (Å²) in [6.45, 7) is 0.162. The van der Waals surface area contributed by atoms with Crippen LogP contribution in [0.4, 0.5) is 0 Å². The predicted molar refractivity (Wildman–Crippen MR) is 86.0 cm³/mol. The second-order valence-electron chi connectivity index (χ2n) is 4.68. The molecule has 2 aromatic rings. The molecule has 0 fully saturated rings. The summed E-state index contributed by atoms with van der Waals surface area (Å²) < 4.78 is 27.6. The zero-order chi connectivity index (χ0) is 15.3. The molecule has 6 heteroatoms. The van der Waals surface area contributed by atoms with Gasteiger partial charge >= 0.3 is 0 Å². The topological polar surface area (TPSA) is 66.4 Å². The minimum atomic E-state index is -3.41. The van der Waals surface area contributed by atoms with Crippen molar-refractivity contribution in [3.8, 4) is 0 Å². The molecule has 0 saturated heterocycles. The number of sulfonamides is 1. The Bertz CT molecular complexity index is 699. The summed E-state index contributed by atoms with van der Waals surface area (Å²) in [6.07, 6.45) is 0. The number of nitrogens with one attached hydrogen (secondary N) is 1. The first-order valence-corrected chi connectivity index (χ1v) is 8.83. The first-order valence-electron chi connectivity index (χ1n) is 6.39. The van der Waals surface area contributed by atoms with Crippen molar-refractivity contribution in [3.63, 3.8) is 0 Å². The number of rotatable bonds is 6. The lowest BCUT2D eigenvalue weighted by atomic mass is 10.1. The normalized spacial score (nSPS) is 11.5. The van der Waals surface area contributed by atoms with Crippen LogP contribution < -0.4 is 4.72 Å². The molecule has 0 aliphatic rings. The molecule has 0 bridgehead atoms. The van der Waals surface area contributed by atoms with Crippen LogP contribution in [0, 0.1) is 0 Å². The summed E-state index contributed by atoms with van der Waals surface area (Å²) in [4.78, 5) is 0. The van der Waals surface area contributed by atoms with Crippen LogP contribution in [-0.2, 0) is 28.9 Å². The van der Waals surface area contributed by atoms with Crippen LogP contribution in [0.2, 0.25) is 0 Å². The average Bonchev–Trinajstić information content (AvgIpc) is 2.46. The van der Waals surface area contributed by atoms with Gasteiger partial charge in [-0.15, -0.1) is 0 Å². The molecule has 0 unspecified atom stereocenters. The summed E-state index contributed by atoms with van der Waals surface area (Å²) in [5.41, 5.74) is 2.26. The van der Waals surface area contributed by atoms with E-state index in [4.69, 9.17) is 5.11 Å². The third kappa shape index (κ3) is 5.24. The van der Waals surface area contributed by atoms with Crippen molar-refractivity contribution in [1.29, 1.82) is 0 Å². The molecule has 2 rings (SSSR count). The summed E-state index contributed by atoms with van der Waals surface area (Å²) >= 11 is 3.33. The SMILES string of the molecule is O=S(=O)(Cc1cccc(CO)c1)NCc1ccc(Br)cc1. The van der Waals surface area contributed by atoms with Crippen molar-refractivity contribution in [2.24, 2.45) is 0 Å². The summed E-state index contributed by atoms with van der Waals surface area (Å²) in [5.74, 6) is -0.0998. The Hall–Kier alpha value is -1.21. The van der Waals surface area contributed by atoms with Crippen LogP contribution in [0.15, 0.2) is 53.0 Å². The van der Waals surface area contributed by atoms with Crippen molar-refractivity contribution in [2.45, 2.75) is 18.9 Å². The smallest absolute Gasteiger partial charge is 0.216 e. The maximum absolute atomic E-state index is 12.1. The number of hydrogen-bond acceptors (Lipinski definition) is 3. The van der Waals surface area contributed by atoms with Crippen LogP contribution in [0.5, 0.6) is 0 Å². The van der Waals surface area contributed by atoms with Crippen molar-refractivity contribution >= 4 is 26.0 Å². The molecule has 0 atom stereocenters.